The fourth-order valence-electron chi connectivity index (χ4n) is 2.58. The van der Waals surface area contributed by atoms with E-state index in [-0.39, 0.29) is 0 Å². The molecule has 0 spiro atoms. The Hall–Kier alpha value is -1.40. The predicted octanol–water partition coefficient (Wildman–Crippen LogP) is 1.19. The molecule has 1 fully saturated rings. The molecule has 0 atom stereocenters. The van der Waals surface area contributed by atoms with Crippen LogP contribution in [0.2, 0.25) is 0 Å². The van der Waals surface area contributed by atoms with Crippen molar-refractivity contribution in [3.05, 3.63) is 11.9 Å². The summed E-state index contributed by atoms with van der Waals surface area (Å²) < 4.78 is 5.40. The van der Waals surface area contributed by atoms with Crippen LogP contribution in [0.5, 0.6) is 0 Å². The summed E-state index contributed by atoms with van der Waals surface area (Å²) in [5.74, 6) is 7.86. The zero-order valence-corrected chi connectivity index (χ0v) is 11.7. The average molecular weight is 265 g/mol. The number of rotatable bonds is 5. The van der Waals surface area contributed by atoms with E-state index in [1.807, 2.05) is 0 Å². The number of nitrogens with one attached hydrogen (secondary N) is 1. The van der Waals surface area contributed by atoms with Gasteiger partial charge in [-0.1, -0.05) is 6.92 Å². The smallest absolute Gasteiger partial charge is 0.148 e. The maximum atomic E-state index is 5.50. The summed E-state index contributed by atoms with van der Waals surface area (Å²) in [6.07, 6.45) is 4.66. The third kappa shape index (κ3) is 3.33. The molecule has 2 heterocycles. The predicted molar refractivity (Wildman–Crippen MR) is 76.0 cm³/mol. The van der Waals surface area contributed by atoms with Crippen LogP contribution in [-0.4, -0.2) is 36.8 Å². The van der Waals surface area contributed by atoms with Gasteiger partial charge in [0.2, 0.25) is 0 Å². The molecule has 6 nitrogen and oxygen atoms in total. The first-order valence-electron chi connectivity index (χ1n) is 6.85. The van der Waals surface area contributed by atoms with Gasteiger partial charge in [0, 0.05) is 32.4 Å². The topological polar surface area (TPSA) is 76.3 Å². The summed E-state index contributed by atoms with van der Waals surface area (Å²) in [4.78, 5) is 10.8. The Labute approximate surface area is 114 Å². The van der Waals surface area contributed by atoms with Crippen LogP contribution in [0.3, 0.4) is 0 Å². The summed E-state index contributed by atoms with van der Waals surface area (Å²) >= 11 is 0. The van der Waals surface area contributed by atoms with Crippen LogP contribution in [0.1, 0.15) is 25.3 Å². The van der Waals surface area contributed by atoms with Gasteiger partial charge in [-0.15, -0.1) is 0 Å². The highest BCUT2D eigenvalue weighted by atomic mass is 16.5. The molecule has 106 valence electrons. The lowest BCUT2D eigenvalue weighted by molar-refractivity contribution is 0.0685. The summed E-state index contributed by atoms with van der Waals surface area (Å²) in [5, 5.41) is 0. The largest absolute Gasteiger partial charge is 0.381 e. The van der Waals surface area contributed by atoms with Crippen molar-refractivity contribution in [2.45, 2.75) is 26.2 Å². The standard InChI is InChI=1S/C13H23N5O/c1-3-11-12(17-14)15-9-16-13(11)18(2)8-10-4-6-19-7-5-10/h9-10H,3-8,14H2,1-2H3,(H,15,16,17). The van der Waals surface area contributed by atoms with Crippen molar-refractivity contribution in [2.75, 3.05) is 37.1 Å². The lowest BCUT2D eigenvalue weighted by atomic mass is 10.00. The maximum Gasteiger partial charge on any atom is 0.148 e. The second-order valence-electron chi connectivity index (χ2n) is 4.96. The molecule has 0 radical (unpaired) electrons. The molecule has 1 saturated heterocycles. The summed E-state index contributed by atoms with van der Waals surface area (Å²) in [7, 11) is 2.08. The Morgan fingerprint density at radius 1 is 1.42 bits per heavy atom. The number of aromatic nitrogens is 2. The highest BCUT2D eigenvalue weighted by Crippen LogP contribution is 2.25. The monoisotopic (exact) mass is 265 g/mol. The van der Waals surface area contributed by atoms with Crippen LogP contribution in [-0.2, 0) is 11.2 Å². The van der Waals surface area contributed by atoms with Crippen molar-refractivity contribution in [3.63, 3.8) is 0 Å². The molecule has 0 aliphatic carbocycles. The summed E-state index contributed by atoms with van der Waals surface area (Å²) in [5.41, 5.74) is 3.72. The van der Waals surface area contributed by atoms with Crippen molar-refractivity contribution in [3.8, 4) is 0 Å². The summed E-state index contributed by atoms with van der Waals surface area (Å²) in [6, 6.07) is 0. The van der Waals surface area contributed by atoms with E-state index < -0.39 is 0 Å². The minimum Gasteiger partial charge on any atom is -0.381 e. The molecule has 0 amide bonds. The van der Waals surface area contributed by atoms with E-state index in [4.69, 9.17) is 10.6 Å². The van der Waals surface area contributed by atoms with E-state index >= 15 is 0 Å². The van der Waals surface area contributed by atoms with Crippen LogP contribution in [0.25, 0.3) is 0 Å². The number of hydrazine groups is 1. The zero-order chi connectivity index (χ0) is 13.7. The number of nitrogens with two attached hydrogens (primary N) is 1. The molecule has 1 aliphatic rings. The van der Waals surface area contributed by atoms with E-state index in [0.717, 1.165) is 50.4 Å². The Morgan fingerprint density at radius 3 is 2.79 bits per heavy atom. The minimum atomic E-state index is 0.674. The molecule has 19 heavy (non-hydrogen) atoms. The van der Waals surface area contributed by atoms with Gasteiger partial charge in [0.25, 0.3) is 0 Å². The number of hydrogen-bond donors (Lipinski definition) is 2. The van der Waals surface area contributed by atoms with Gasteiger partial charge in [0.05, 0.1) is 0 Å². The second kappa shape index (κ2) is 6.68. The summed E-state index contributed by atoms with van der Waals surface area (Å²) in [6.45, 7) is 4.83. The van der Waals surface area contributed by atoms with Gasteiger partial charge in [-0.2, -0.15) is 0 Å². The number of ether oxygens (including phenoxy) is 1. The third-order valence-electron chi connectivity index (χ3n) is 3.65. The number of anilines is 2. The normalized spacial score (nSPS) is 16.4. The van der Waals surface area contributed by atoms with E-state index in [0.29, 0.717) is 11.7 Å². The lowest BCUT2D eigenvalue weighted by Crippen LogP contribution is -2.31. The first-order chi connectivity index (χ1) is 9.26. The first-order valence-corrected chi connectivity index (χ1v) is 6.85. The molecule has 1 aromatic rings. The van der Waals surface area contributed by atoms with Crippen LogP contribution >= 0.6 is 0 Å². The van der Waals surface area contributed by atoms with Crippen molar-refractivity contribution < 1.29 is 4.74 Å². The van der Waals surface area contributed by atoms with Gasteiger partial charge < -0.3 is 15.1 Å². The molecule has 6 heteroatoms. The van der Waals surface area contributed by atoms with Gasteiger partial charge >= 0.3 is 0 Å². The van der Waals surface area contributed by atoms with Crippen LogP contribution < -0.4 is 16.2 Å². The molecule has 1 aromatic heterocycles. The van der Waals surface area contributed by atoms with Gasteiger partial charge in [0.15, 0.2) is 0 Å². The molecule has 2 rings (SSSR count). The van der Waals surface area contributed by atoms with Gasteiger partial charge in [-0.05, 0) is 25.2 Å². The van der Waals surface area contributed by atoms with E-state index in [1.165, 1.54) is 0 Å². The first kappa shape index (κ1) is 14.0. The molecule has 0 aromatic carbocycles. The Bertz CT molecular complexity index is 406. The number of nitrogens with zero attached hydrogens (tertiary/aromatic N) is 3. The molecule has 1 aliphatic heterocycles. The molecular weight excluding hydrogens is 242 g/mol. The van der Waals surface area contributed by atoms with Crippen LogP contribution in [0.15, 0.2) is 6.33 Å². The second-order valence-corrected chi connectivity index (χ2v) is 4.96. The average Bonchev–Trinajstić information content (AvgIpc) is 2.47. The molecule has 3 N–H and O–H groups in total. The Kier molecular flexibility index (Phi) is 4.93. The molecule has 0 unspecified atom stereocenters. The Balaban J connectivity index is 2.11. The highest BCUT2D eigenvalue weighted by molar-refractivity contribution is 5.57. The van der Waals surface area contributed by atoms with Gasteiger partial charge in [0.1, 0.15) is 18.0 Å². The highest BCUT2D eigenvalue weighted by Gasteiger charge is 2.19. The SMILES string of the molecule is CCc1c(NN)ncnc1N(C)CC1CCOCC1. The van der Waals surface area contributed by atoms with Crippen LogP contribution in [0.4, 0.5) is 11.6 Å². The third-order valence-corrected chi connectivity index (χ3v) is 3.65. The van der Waals surface area contributed by atoms with Crippen molar-refractivity contribution >= 4 is 11.6 Å². The Morgan fingerprint density at radius 2 is 2.16 bits per heavy atom. The van der Waals surface area contributed by atoms with Crippen LogP contribution in [0, 0.1) is 5.92 Å². The zero-order valence-electron chi connectivity index (χ0n) is 11.7. The van der Waals surface area contributed by atoms with Gasteiger partial charge in [-0.25, -0.2) is 15.8 Å². The van der Waals surface area contributed by atoms with E-state index in [9.17, 15) is 0 Å². The molecule has 0 saturated carbocycles. The fourth-order valence-corrected chi connectivity index (χ4v) is 2.58. The minimum absolute atomic E-state index is 0.674. The van der Waals surface area contributed by atoms with Crippen molar-refractivity contribution in [1.29, 1.82) is 0 Å². The molecular formula is C13H23N5O. The fraction of sp³-hybridized carbons (Fsp3) is 0.692. The maximum absolute atomic E-state index is 5.50. The number of hydrogen-bond acceptors (Lipinski definition) is 6. The van der Waals surface area contributed by atoms with E-state index in [1.54, 1.807) is 6.33 Å². The number of nitrogen functional groups attached to an aromatic ring is 1. The quantitative estimate of drug-likeness (QED) is 0.615. The van der Waals surface area contributed by atoms with E-state index in [2.05, 4.69) is 34.3 Å². The lowest BCUT2D eigenvalue weighted by Gasteiger charge is -2.29. The van der Waals surface area contributed by atoms with Gasteiger partial charge in [-0.3, -0.25) is 0 Å². The van der Waals surface area contributed by atoms with Crippen molar-refractivity contribution in [2.24, 2.45) is 11.8 Å². The molecule has 0 bridgehead atoms. The van der Waals surface area contributed by atoms with Crippen molar-refractivity contribution in [1.82, 2.24) is 9.97 Å².